The second-order valence-corrected chi connectivity index (χ2v) is 4.29. The smallest absolute Gasteiger partial charge is 0.324 e. The van der Waals surface area contributed by atoms with Crippen molar-refractivity contribution in [1.82, 2.24) is 0 Å². The van der Waals surface area contributed by atoms with Crippen LogP contribution in [-0.2, 0) is 11.4 Å². The Labute approximate surface area is 117 Å². The first-order valence-corrected chi connectivity index (χ1v) is 6.16. The number of anilines is 1. The van der Waals surface area contributed by atoms with Gasteiger partial charge in [-0.3, -0.25) is 9.80 Å². The molecule has 0 amide bonds. The number of carboxylic acid groups (broad SMARTS) is 1. The van der Waals surface area contributed by atoms with E-state index in [4.69, 9.17) is 15.7 Å². The van der Waals surface area contributed by atoms with Crippen molar-refractivity contribution in [2.24, 2.45) is 5.84 Å². The van der Waals surface area contributed by atoms with E-state index in [-0.39, 0.29) is 6.54 Å². The van der Waals surface area contributed by atoms with Gasteiger partial charge >= 0.3 is 5.97 Å². The van der Waals surface area contributed by atoms with Crippen molar-refractivity contribution in [2.75, 3.05) is 11.6 Å². The van der Waals surface area contributed by atoms with Crippen LogP contribution in [0.1, 0.15) is 5.56 Å². The highest BCUT2D eigenvalue weighted by atomic mass is 16.5. The number of nitrogens with two attached hydrogens (primary N) is 1. The van der Waals surface area contributed by atoms with Gasteiger partial charge in [-0.2, -0.15) is 0 Å². The Kier molecular flexibility index (Phi) is 4.57. The summed E-state index contributed by atoms with van der Waals surface area (Å²) < 4.78 is 5.66. The lowest BCUT2D eigenvalue weighted by molar-refractivity contribution is -0.135. The molecule has 0 saturated heterocycles. The second kappa shape index (κ2) is 6.58. The van der Waals surface area contributed by atoms with Gasteiger partial charge in [0, 0.05) is 6.07 Å². The van der Waals surface area contributed by atoms with Gasteiger partial charge in [-0.1, -0.05) is 36.4 Å². The molecule has 0 unspecified atom stereocenters. The third-order valence-corrected chi connectivity index (χ3v) is 2.70. The molecule has 0 spiro atoms. The van der Waals surface area contributed by atoms with E-state index in [1.54, 1.807) is 24.3 Å². The average molecular weight is 272 g/mol. The fourth-order valence-electron chi connectivity index (χ4n) is 1.73. The van der Waals surface area contributed by atoms with Crippen LogP contribution in [0.2, 0.25) is 0 Å². The molecule has 0 bridgehead atoms. The van der Waals surface area contributed by atoms with Gasteiger partial charge in [0.25, 0.3) is 0 Å². The molecule has 0 aromatic heterocycles. The molecule has 0 aliphatic rings. The van der Waals surface area contributed by atoms with Crippen LogP contribution >= 0.6 is 0 Å². The molecule has 0 fully saturated rings. The molecule has 0 radical (unpaired) electrons. The summed E-state index contributed by atoms with van der Waals surface area (Å²) in [6.07, 6.45) is 0. The lowest BCUT2D eigenvalue weighted by atomic mass is 10.2. The average Bonchev–Trinajstić information content (AvgIpc) is 2.46. The van der Waals surface area contributed by atoms with Gasteiger partial charge in [-0.05, 0) is 17.7 Å². The van der Waals surface area contributed by atoms with E-state index >= 15 is 0 Å². The normalized spacial score (nSPS) is 10.1. The van der Waals surface area contributed by atoms with Crippen molar-refractivity contribution in [2.45, 2.75) is 6.61 Å². The number of ether oxygens (including phenoxy) is 1. The molecule has 2 aromatic rings. The van der Waals surface area contributed by atoms with Crippen LogP contribution in [0.4, 0.5) is 5.69 Å². The number of rotatable bonds is 6. The van der Waals surface area contributed by atoms with Crippen molar-refractivity contribution in [3.05, 3.63) is 60.2 Å². The minimum absolute atomic E-state index is 0.262. The monoisotopic (exact) mass is 272 g/mol. The zero-order valence-electron chi connectivity index (χ0n) is 10.9. The van der Waals surface area contributed by atoms with Crippen LogP contribution in [0.25, 0.3) is 0 Å². The largest absolute Gasteiger partial charge is 0.489 e. The molecule has 5 heteroatoms. The molecule has 5 nitrogen and oxygen atoms in total. The van der Waals surface area contributed by atoms with Crippen LogP contribution in [-0.4, -0.2) is 17.6 Å². The quantitative estimate of drug-likeness (QED) is 0.621. The second-order valence-electron chi connectivity index (χ2n) is 4.29. The van der Waals surface area contributed by atoms with Crippen LogP contribution in [0, 0.1) is 0 Å². The molecule has 104 valence electrons. The molecule has 2 rings (SSSR count). The molecular weight excluding hydrogens is 256 g/mol. The van der Waals surface area contributed by atoms with E-state index in [1.165, 1.54) is 0 Å². The van der Waals surface area contributed by atoms with Crippen LogP contribution in [0.15, 0.2) is 54.6 Å². The standard InChI is InChI=1S/C15H16N2O3/c16-17(10-15(18)19)13-7-4-8-14(9-13)20-11-12-5-2-1-3-6-12/h1-9H,10-11,16H2,(H,18,19). The first kappa shape index (κ1) is 13.9. The van der Waals surface area contributed by atoms with E-state index in [1.807, 2.05) is 30.3 Å². The predicted molar refractivity (Wildman–Crippen MR) is 76.4 cm³/mol. The minimum Gasteiger partial charge on any atom is -0.489 e. The van der Waals surface area contributed by atoms with E-state index in [0.717, 1.165) is 10.6 Å². The van der Waals surface area contributed by atoms with Gasteiger partial charge in [0.2, 0.25) is 0 Å². The molecule has 2 aromatic carbocycles. The topological polar surface area (TPSA) is 75.8 Å². The number of aliphatic carboxylic acids is 1. The third-order valence-electron chi connectivity index (χ3n) is 2.70. The maximum absolute atomic E-state index is 10.6. The lowest BCUT2D eigenvalue weighted by Gasteiger charge is -2.17. The highest BCUT2D eigenvalue weighted by molar-refractivity contribution is 5.73. The Morgan fingerprint density at radius 3 is 2.60 bits per heavy atom. The highest BCUT2D eigenvalue weighted by Gasteiger charge is 2.07. The molecule has 0 aliphatic heterocycles. The maximum Gasteiger partial charge on any atom is 0.324 e. The van der Waals surface area contributed by atoms with Gasteiger partial charge in [0.15, 0.2) is 0 Å². The molecule has 0 saturated carbocycles. The summed E-state index contributed by atoms with van der Waals surface area (Å²) in [6.45, 7) is 0.190. The predicted octanol–water partition coefficient (Wildman–Crippen LogP) is 2.03. The summed E-state index contributed by atoms with van der Waals surface area (Å²) in [6, 6.07) is 16.8. The van der Waals surface area contributed by atoms with Crippen molar-refractivity contribution in [1.29, 1.82) is 0 Å². The highest BCUT2D eigenvalue weighted by Crippen LogP contribution is 2.20. The number of carbonyl (C=O) groups is 1. The summed E-state index contributed by atoms with van der Waals surface area (Å²) in [5, 5.41) is 9.88. The molecule has 0 atom stereocenters. The fourth-order valence-corrected chi connectivity index (χ4v) is 1.73. The van der Waals surface area contributed by atoms with Gasteiger partial charge in [-0.25, -0.2) is 5.84 Å². The Hall–Kier alpha value is -2.53. The van der Waals surface area contributed by atoms with E-state index in [9.17, 15) is 4.79 Å². The third kappa shape index (κ3) is 4.00. The number of hydrazine groups is 1. The molecule has 0 heterocycles. The molecule has 20 heavy (non-hydrogen) atoms. The van der Waals surface area contributed by atoms with E-state index in [0.29, 0.717) is 18.0 Å². The van der Waals surface area contributed by atoms with E-state index < -0.39 is 5.97 Å². The van der Waals surface area contributed by atoms with E-state index in [2.05, 4.69) is 0 Å². The Morgan fingerprint density at radius 2 is 1.90 bits per heavy atom. The van der Waals surface area contributed by atoms with Gasteiger partial charge in [-0.15, -0.1) is 0 Å². The Bertz CT molecular complexity index is 572. The molecule has 3 N–H and O–H groups in total. The first-order valence-electron chi connectivity index (χ1n) is 6.16. The minimum atomic E-state index is -0.983. The number of nitrogens with zero attached hydrogens (tertiary/aromatic N) is 1. The molecule has 0 aliphatic carbocycles. The summed E-state index contributed by atoms with van der Waals surface area (Å²) in [5.41, 5.74) is 1.66. The van der Waals surface area contributed by atoms with Crippen LogP contribution in [0.5, 0.6) is 5.75 Å². The number of hydrogen-bond acceptors (Lipinski definition) is 4. The lowest BCUT2D eigenvalue weighted by Crippen LogP contribution is -2.35. The summed E-state index contributed by atoms with van der Waals surface area (Å²) in [7, 11) is 0. The van der Waals surface area contributed by atoms with Crippen molar-refractivity contribution < 1.29 is 14.6 Å². The van der Waals surface area contributed by atoms with Crippen molar-refractivity contribution >= 4 is 11.7 Å². The number of carboxylic acids is 1. The number of benzene rings is 2. The van der Waals surface area contributed by atoms with Crippen LogP contribution in [0.3, 0.4) is 0 Å². The zero-order valence-corrected chi connectivity index (χ0v) is 10.9. The zero-order chi connectivity index (χ0) is 14.4. The van der Waals surface area contributed by atoms with Gasteiger partial charge in [0.1, 0.15) is 18.9 Å². The first-order chi connectivity index (χ1) is 9.65. The summed E-state index contributed by atoms with van der Waals surface area (Å²) in [5.74, 6) is 5.33. The summed E-state index contributed by atoms with van der Waals surface area (Å²) in [4.78, 5) is 10.6. The number of hydrogen-bond donors (Lipinski definition) is 2. The van der Waals surface area contributed by atoms with Crippen molar-refractivity contribution in [3.8, 4) is 5.75 Å². The molecular formula is C15H16N2O3. The SMILES string of the molecule is NN(CC(=O)O)c1cccc(OCc2ccccc2)c1. The Morgan fingerprint density at radius 1 is 1.15 bits per heavy atom. The fraction of sp³-hybridized carbons (Fsp3) is 0.133. The summed E-state index contributed by atoms with van der Waals surface area (Å²) >= 11 is 0. The van der Waals surface area contributed by atoms with Crippen LogP contribution < -0.4 is 15.6 Å². The van der Waals surface area contributed by atoms with Crippen molar-refractivity contribution in [3.63, 3.8) is 0 Å². The maximum atomic E-state index is 10.6. The Balaban J connectivity index is 2.01. The van der Waals surface area contributed by atoms with Gasteiger partial charge in [0.05, 0.1) is 5.69 Å². The van der Waals surface area contributed by atoms with Gasteiger partial charge < -0.3 is 9.84 Å².